The van der Waals surface area contributed by atoms with Crippen LogP contribution in [0.2, 0.25) is 0 Å². The maximum absolute atomic E-state index is 11.3. The lowest BCUT2D eigenvalue weighted by Gasteiger charge is -2.11. The van der Waals surface area contributed by atoms with E-state index in [-0.39, 0.29) is 24.6 Å². The highest BCUT2D eigenvalue weighted by molar-refractivity contribution is 5.85. The lowest BCUT2D eigenvalue weighted by atomic mass is 10.2. The van der Waals surface area contributed by atoms with Gasteiger partial charge in [0, 0.05) is 29.7 Å². The third-order valence-electron chi connectivity index (χ3n) is 6.20. The summed E-state index contributed by atoms with van der Waals surface area (Å²) in [5, 5.41) is 52.6. The van der Waals surface area contributed by atoms with Crippen LogP contribution in [-0.4, -0.2) is 45.3 Å². The molecule has 0 aliphatic heterocycles. The lowest BCUT2D eigenvalue weighted by Crippen LogP contribution is -2.07. The molecule has 47 heavy (non-hydrogen) atoms. The van der Waals surface area contributed by atoms with E-state index in [9.17, 15) is 40.5 Å². The third-order valence-corrected chi connectivity index (χ3v) is 6.20. The molecule has 0 spiro atoms. The Morgan fingerprint density at radius 1 is 0.574 bits per heavy atom. The molecular formula is C29H24N8O10. The molecule has 240 valence electrons. The number of anilines is 2. The van der Waals surface area contributed by atoms with Crippen molar-refractivity contribution in [2.75, 3.05) is 24.1 Å². The molecule has 0 saturated heterocycles. The Balaban J connectivity index is 1.31. The average Bonchev–Trinajstić information content (AvgIpc) is 3.05. The Morgan fingerprint density at radius 3 is 1.36 bits per heavy atom. The van der Waals surface area contributed by atoms with Crippen LogP contribution < -0.4 is 20.3 Å². The van der Waals surface area contributed by atoms with Crippen molar-refractivity contribution in [3.8, 4) is 11.5 Å². The zero-order chi connectivity index (χ0) is 33.8. The highest BCUT2D eigenvalue weighted by Gasteiger charge is 2.20. The molecule has 0 radical (unpaired) electrons. The number of ether oxygens (including phenoxy) is 2. The average molecular weight is 645 g/mol. The van der Waals surface area contributed by atoms with Crippen molar-refractivity contribution >= 4 is 46.6 Å². The number of benzene rings is 4. The molecule has 0 atom stereocenters. The van der Waals surface area contributed by atoms with Crippen LogP contribution in [0.3, 0.4) is 0 Å². The first-order valence-corrected chi connectivity index (χ1v) is 13.5. The number of para-hydroxylation sites is 2. The number of nitrogens with zero attached hydrogens (tertiary/aromatic N) is 6. The lowest BCUT2D eigenvalue weighted by molar-refractivity contribution is -0.393. The molecular weight excluding hydrogens is 620 g/mol. The molecule has 4 rings (SSSR count). The summed E-state index contributed by atoms with van der Waals surface area (Å²) in [6.45, 7) is 0.515. The summed E-state index contributed by atoms with van der Waals surface area (Å²) in [6, 6.07) is 20.2. The van der Waals surface area contributed by atoms with Crippen LogP contribution in [-0.2, 0) is 0 Å². The van der Waals surface area contributed by atoms with Gasteiger partial charge in [-0.15, -0.1) is 0 Å². The summed E-state index contributed by atoms with van der Waals surface area (Å²) in [6.07, 6.45) is 3.26. The minimum absolute atomic E-state index is 0.0267. The molecule has 0 saturated carbocycles. The first-order chi connectivity index (χ1) is 22.6. The zero-order valence-electron chi connectivity index (χ0n) is 24.1. The van der Waals surface area contributed by atoms with Crippen LogP contribution in [0.25, 0.3) is 0 Å². The van der Waals surface area contributed by atoms with Gasteiger partial charge in [0.25, 0.3) is 11.4 Å². The Kier molecular flexibility index (Phi) is 11.0. The number of hydrogen-bond acceptors (Lipinski definition) is 14. The highest BCUT2D eigenvalue weighted by atomic mass is 16.6. The van der Waals surface area contributed by atoms with Gasteiger partial charge in [-0.2, -0.15) is 10.2 Å². The number of non-ortho nitro benzene ring substituents is 2. The molecule has 0 heterocycles. The topological polar surface area (TPSA) is 240 Å². The van der Waals surface area contributed by atoms with Crippen LogP contribution in [0.4, 0.5) is 34.1 Å². The quantitative estimate of drug-likeness (QED) is 0.0612. The first-order valence-electron chi connectivity index (χ1n) is 13.5. The second kappa shape index (κ2) is 15.7. The van der Waals surface area contributed by atoms with Crippen LogP contribution in [0.5, 0.6) is 11.5 Å². The third kappa shape index (κ3) is 9.01. The molecule has 2 N–H and O–H groups in total. The van der Waals surface area contributed by atoms with Gasteiger partial charge in [-0.25, -0.2) is 0 Å². The van der Waals surface area contributed by atoms with E-state index in [0.717, 1.165) is 24.3 Å². The minimum atomic E-state index is -0.748. The van der Waals surface area contributed by atoms with Gasteiger partial charge < -0.3 is 9.47 Å². The standard InChI is InChI=1S/C29H24N8O10/c38-34(39)22-10-12-24(26(16-22)36(42)43)32-30-18-20-6-1-3-8-28(20)46-14-5-15-47-29-9-4-2-7-21(29)19-31-33-25-13-11-23(35(40)41)17-27(25)37(44)45/h1-4,6-13,16-19,32-33H,5,14-15H2/b30-18+,31-19+. The Hall–Kier alpha value is -6.98. The van der Waals surface area contributed by atoms with Gasteiger partial charge in [0.05, 0.1) is 57.5 Å². The molecule has 18 nitrogen and oxygen atoms in total. The predicted octanol–water partition coefficient (Wildman–Crippen LogP) is 6.06. The van der Waals surface area contributed by atoms with E-state index in [0.29, 0.717) is 29.0 Å². The normalized spacial score (nSPS) is 10.9. The van der Waals surface area contributed by atoms with E-state index < -0.39 is 42.4 Å². The molecule has 0 fully saturated rings. The fraction of sp³-hybridized carbons (Fsp3) is 0.103. The zero-order valence-corrected chi connectivity index (χ0v) is 24.1. The van der Waals surface area contributed by atoms with Crippen LogP contribution in [0.15, 0.2) is 95.1 Å². The Labute approximate surface area is 264 Å². The summed E-state index contributed by atoms with van der Waals surface area (Å²) in [5.74, 6) is 0.963. The van der Waals surface area contributed by atoms with Crippen molar-refractivity contribution in [3.63, 3.8) is 0 Å². The number of nitro benzene ring substituents is 4. The smallest absolute Gasteiger partial charge is 0.301 e. The molecule has 0 aromatic heterocycles. The molecule has 4 aromatic rings. The highest BCUT2D eigenvalue weighted by Crippen LogP contribution is 2.30. The number of rotatable bonds is 16. The first kappa shape index (κ1) is 32.9. The monoisotopic (exact) mass is 644 g/mol. The number of nitro groups is 4. The summed E-state index contributed by atoms with van der Waals surface area (Å²) in [4.78, 5) is 41.6. The fourth-order valence-electron chi connectivity index (χ4n) is 3.96. The van der Waals surface area contributed by atoms with Gasteiger partial charge in [0.2, 0.25) is 0 Å². The molecule has 0 unspecified atom stereocenters. The number of nitrogens with one attached hydrogen (secondary N) is 2. The molecule has 18 heteroatoms. The Bertz CT molecular complexity index is 1730. The van der Waals surface area contributed by atoms with Gasteiger partial charge >= 0.3 is 11.4 Å². The minimum Gasteiger partial charge on any atom is -0.493 e. The van der Waals surface area contributed by atoms with Crippen LogP contribution in [0.1, 0.15) is 17.5 Å². The summed E-state index contributed by atoms with van der Waals surface area (Å²) in [5.41, 5.74) is 4.30. The second-order valence-corrected chi connectivity index (χ2v) is 9.30. The summed E-state index contributed by atoms with van der Waals surface area (Å²) >= 11 is 0. The van der Waals surface area contributed by atoms with E-state index in [4.69, 9.17) is 9.47 Å². The molecule has 0 amide bonds. The number of hydrazone groups is 2. The van der Waals surface area contributed by atoms with Crippen molar-refractivity contribution in [2.24, 2.45) is 10.2 Å². The van der Waals surface area contributed by atoms with E-state index in [2.05, 4.69) is 21.1 Å². The molecule has 0 bridgehead atoms. The van der Waals surface area contributed by atoms with Gasteiger partial charge in [0.15, 0.2) is 0 Å². The van der Waals surface area contributed by atoms with Crippen LogP contribution >= 0.6 is 0 Å². The molecule has 4 aromatic carbocycles. The van der Waals surface area contributed by atoms with Gasteiger partial charge in [-0.3, -0.25) is 51.3 Å². The van der Waals surface area contributed by atoms with Crippen LogP contribution in [0, 0.1) is 40.5 Å². The maximum atomic E-state index is 11.3. The van der Waals surface area contributed by atoms with Gasteiger partial charge in [-0.05, 0) is 36.4 Å². The van der Waals surface area contributed by atoms with E-state index >= 15 is 0 Å². The summed E-state index contributed by atoms with van der Waals surface area (Å²) in [7, 11) is 0. The summed E-state index contributed by atoms with van der Waals surface area (Å²) < 4.78 is 11.7. The fourth-order valence-corrected chi connectivity index (χ4v) is 3.96. The second-order valence-electron chi connectivity index (χ2n) is 9.30. The van der Waals surface area contributed by atoms with E-state index in [1.54, 1.807) is 48.5 Å². The van der Waals surface area contributed by atoms with Gasteiger partial charge in [-0.1, -0.05) is 24.3 Å². The van der Waals surface area contributed by atoms with Crippen molar-refractivity contribution in [1.29, 1.82) is 0 Å². The van der Waals surface area contributed by atoms with E-state index in [1.807, 2.05) is 0 Å². The SMILES string of the molecule is O=[N+]([O-])c1ccc(N/N=C/c2ccccc2OCCCOc2ccccc2/C=N/Nc2ccc([N+](=O)[O-])cc2[N+](=O)[O-])c([N+](=O)[O-])c1. The predicted molar refractivity (Wildman–Crippen MR) is 170 cm³/mol. The molecule has 0 aliphatic rings. The largest absolute Gasteiger partial charge is 0.493 e. The van der Waals surface area contributed by atoms with Gasteiger partial charge in [0.1, 0.15) is 22.9 Å². The maximum Gasteiger partial charge on any atom is 0.301 e. The van der Waals surface area contributed by atoms with Crippen molar-refractivity contribution < 1.29 is 29.2 Å². The van der Waals surface area contributed by atoms with Crippen molar-refractivity contribution in [3.05, 3.63) is 137 Å². The number of hydrogen-bond donors (Lipinski definition) is 2. The molecule has 0 aliphatic carbocycles. The van der Waals surface area contributed by atoms with E-state index in [1.165, 1.54) is 24.6 Å². The van der Waals surface area contributed by atoms with Crippen molar-refractivity contribution in [1.82, 2.24) is 0 Å². The van der Waals surface area contributed by atoms with Crippen molar-refractivity contribution in [2.45, 2.75) is 6.42 Å². The Morgan fingerprint density at radius 2 is 0.979 bits per heavy atom.